The number of amides is 1. The number of thioether (sulfide) groups is 1. The van der Waals surface area contributed by atoms with Crippen molar-refractivity contribution in [2.75, 3.05) is 11.1 Å². The summed E-state index contributed by atoms with van der Waals surface area (Å²) < 4.78 is 3.10. The highest BCUT2D eigenvalue weighted by atomic mass is 79.9. The van der Waals surface area contributed by atoms with Gasteiger partial charge in [0, 0.05) is 10.2 Å². The molecule has 0 saturated heterocycles. The lowest BCUT2D eigenvalue weighted by Gasteiger charge is -2.14. The number of hydrogen-bond donors (Lipinski definition) is 1. The van der Waals surface area contributed by atoms with E-state index in [-0.39, 0.29) is 17.2 Å². The number of hydrogen-bond acceptors (Lipinski definition) is 5. The molecule has 0 fully saturated rings. The molecule has 0 radical (unpaired) electrons. The molecule has 0 unspecified atom stereocenters. The van der Waals surface area contributed by atoms with Gasteiger partial charge >= 0.3 is 0 Å². The number of thiophene rings is 1. The van der Waals surface area contributed by atoms with Crippen LogP contribution >= 0.6 is 39.0 Å². The number of nitrogens with one attached hydrogen (secondary N) is 1. The zero-order valence-corrected chi connectivity index (χ0v) is 18.6. The van der Waals surface area contributed by atoms with Gasteiger partial charge in [0.15, 0.2) is 5.16 Å². The van der Waals surface area contributed by atoms with Crippen LogP contribution in [-0.2, 0) is 4.79 Å². The molecule has 2 aromatic heterocycles. The summed E-state index contributed by atoms with van der Waals surface area (Å²) in [5.74, 6) is -0.0235. The van der Waals surface area contributed by atoms with Gasteiger partial charge in [0.1, 0.15) is 4.70 Å². The fourth-order valence-corrected chi connectivity index (χ4v) is 4.87. The van der Waals surface area contributed by atoms with Crippen LogP contribution in [0.4, 0.5) is 5.69 Å². The highest BCUT2D eigenvalue weighted by molar-refractivity contribution is 9.10. The average Bonchev–Trinajstić information content (AvgIpc) is 3.16. The van der Waals surface area contributed by atoms with Crippen molar-refractivity contribution >= 4 is 60.8 Å². The Morgan fingerprint density at radius 2 is 2.03 bits per heavy atom. The van der Waals surface area contributed by atoms with E-state index in [2.05, 4.69) is 26.2 Å². The highest BCUT2D eigenvalue weighted by Crippen LogP contribution is 2.25. The maximum Gasteiger partial charge on any atom is 0.276 e. The molecule has 0 aliphatic carbocycles. The van der Waals surface area contributed by atoms with Gasteiger partial charge in [-0.15, -0.1) is 11.3 Å². The van der Waals surface area contributed by atoms with Crippen LogP contribution in [0.2, 0.25) is 0 Å². The minimum absolute atomic E-state index is 0.116. The Kier molecular flexibility index (Phi) is 5.84. The second kappa shape index (κ2) is 8.52. The molecule has 0 bridgehead atoms. The standard InChI is InChI=1S/C21H16BrN3O2S2/c1-13-5-2-3-8-17(13)25-20(27)19-16(9-10-28-19)24-21(25)29-12-18(26)23-15-7-4-6-14(22)11-15/h2-11H,12H2,1H3,(H,23,26). The Morgan fingerprint density at radius 3 is 2.83 bits per heavy atom. The maximum absolute atomic E-state index is 13.2. The number of aryl methyl sites for hydroxylation is 1. The molecule has 0 aliphatic heterocycles. The van der Waals surface area contributed by atoms with Crippen molar-refractivity contribution in [3.05, 3.63) is 80.4 Å². The van der Waals surface area contributed by atoms with Gasteiger partial charge in [0.2, 0.25) is 5.91 Å². The molecule has 4 aromatic rings. The highest BCUT2D eigenvalue weighted by Gasteiger charge is 2.16. The zero-order chi connectivity index (χ0) is 20.4. The second-order valence-electron chi connectivity index (χ2n) is 6.30. The van der Waals surface area contributed by atoms with Crippen LogP contribution < -0.4 is 10.9 Å². The van der Waals surface area contributed by atoms with Crippen LogP contribution in [0.25, 0.3) is 15.9 Å². The molecule has 29 heavy (non-hydrogen) atoms. The third-order valence-electron chi connectivity index (χ3n) is 4.25. The van der Waals surface area contributed by atoms with Crippen LogP contribution in [0, 0.1) is 6.92 Å². The number of nitrogens with zero attached hydrogens (tertiary/aromatic N) is 2. The fourth-order valence-electron chi connectivity index (χ4n) is 2.91. The molecule has 0 atom stereocenters. The van der Waals surface area contributed by atoms with E-state index in [1.807, 2.05) is 66.9 Å². The van der Waals surface area contributed by atoms with E-state index < -0.39 is 0 Å². The Bertz CT molecular complexity index is 1270. The predicted octanol–water partition coefficient (Wildman–Crippen LogP) is 5.25. The minimum atomic E-state index is -0.163. The lowest BCUT2D eigenvalue weighted by atomic mass is 10.2. The predicted molar refractivity (Wildman–Crippen MR) is 123 cm³/mol. The van der Waals surface area contributed by atoms with Crippen molar-refractivity contribution < 1.29 is 4.79 Å². The lowest BCUT2D eigenvalue weighted by molar-refractivity contribution is -0.113. The second-order valence-corrected chi connectivity index (χ2v) is 9.08. The van der Waals surface area contributed by atoms with Gasteiger partial charge in [-0.2, -0.15) is 0 Å². The number of anilines is 1. The van der Waals surface area contributed by atoms with Gasteiger partial charge < -0.3 is 5.32 Å². The van der Waals surface area contributed by atoms with Gasteiger partial charge in [-0.25, -0.2) is 4.98 Å². The first-order valence-electron chi connectivity index (χ1n) is 8.77. The third-order valence-corrected chi connectivity index (χ3v) is 6.57. The summed E-state index contributed by atoms with van der Waals surface area (Å²) in [6, 6.07) is 16.9. The van der Waals surface area contributed by atoms with Crippen molar-refractivity contribution in [2.24, 2.45) is 0 Å². The average molecular weight is 486 g/mol. The van der Waals surface area contributed by atoms with Crippen LogP contribution in [0.15, 0.2) is 74.4 Å². The molecule has 2 heterocycles. The summed E-state index contributed by atoms with van der Waals surface area (Å²) in [7, 11) is 0. The van der Waals surface area contributed by atoms with E-state index in [1.165, 1.54) is 23.1 Å². The van der Waals surface area contributed by atoms with Crippen molar-refractivity contribution in [1.82, 2.24) is 9.55 Å². The Labute approximate surface area is 183 Å². The molecule has 1 N–H and O–H groups in total. The number of aromatic nitrogens is 2. The number of rotatable bonds is 5. The first-order valence-corrected chi connectivity index (χ1v) is 11.4. The molecule has 0 spiro atoms. The summed E-state index contributed by atoms with van der Waals surface area (Å²) >= 11 is 6.02. The Hall–Kier alpha value is -2.42. The summed E-state index contributed by atoms with van der Waals surface area (Å²) in [4.78, 5) is 30.3. The van der Waals surface area contributed by atoms with Gasteiger partial charge in [-0.1, -0.05) is 52.0 Å². The van der Waals surface area contributed by atoms with Gasteiger partial charge in [0.05, 0.1) is 17.0 Å². The Balaban J connectivity index is 1.66. The number of carbonyl (C=O) groups is 1. The van der Waals surface area contributed by atoms with E-state index in [0.717, 1.165) is 15.7 Å². The number of fused-ring (bicyclic) bond motifs is 1. The number of benzene rings is 2. The third kappa shape index (κ3) is 4.29. The smallest absolute Gasteiger partial charge is 0.276 e. The molecule has 1 amide bonds. The van der Waals surface area contributed by atoms with Gasteiger partial charge in [-0.05, 0) is 48.2 Å². The molecule has 146 valence electrons. The quantitative estimate of drug-likeness (QED) is 0.309. The van der Waals surface area contributed by atoms with E-state index in [9.17, 15) is 9.59 Å². The van der Waals surface area contributed by atoms with Gasteiger partial charge in [-0.3, -0.25) is 14.2 Å². The van der Waals surface area contributed by atoms with Gasteiger partial charge in [0.25, 0.3) is 5.56 Å². The van der Waals surface area contributed by atoms with Crippen LogP contribution in [0.1, 0.15) is 5.56 Å². The lowest BCUT2D eigenvalue weighted by Crippen LogP contribution is -2.22. The summed E-state index contributed by atoms with van der Waals surface area (Å²) in [5, 5.41) is 5.22. The minimum Gasteiger partial charge on any atom is -0.325 e. The van der Waals surface area contributed by atoms with Crippen LogP contribution in [0.3, 0.4) is 0 Å². The molecule has 0 aliphatic rings. The molecule has 4 rings (SSSR count). The zero-order valence-electron chi connectivity index (χ0n) is 15.4. The topological polar surface area (TPSA) is 64.0 Å². The molecule has 8 heteroatoms. The monoisotopic (exact) mass is 485 g/mol. The SMILES string of the molecule is Cc1ccccc1-n1c(SCC(=O)Nc2cccc(Br)c2)nc2ccsc2c1=O. The number of halogens is 1. The first kappa shape index (κ1) is 19.9. The van der Waals surface area contributed by atoms with E-state index in [1.54, 1.807) is 4.57 Å². The Morgan fingerprint density at radius 1 is 1.21 bits per heavy atom. The van der Waals surface area contributed by atoms with Crippen molar-refractivity contribution in [3.63, 3.8) is 0 Å². The van der Waals surface area contributed by atoms with Crippen molar-refractivity contribution in [1.29, 1.82) is 0 Å². The van der Waals surface area contributed by atoms with Crippen molar-refractivity contribution in [2.45, 2.75) is 12.1 Å². The summed E-state index contributed by atoms with van der Waals surface area (Å²) in [6.07, 6.45) is 0. The molecular formula is C21H16BrN3O2S2. The molecule has 5 nitrogen and oxygen atoms in total. The van der Waals surface area contributed by atoms with E-state index in [4.69, 9.17) is 0 Å². The maximum atomic E-state index is 13.2. The fraction of sp³-hybridized carbons (Fsp3) is 0.0952. The van der Waals surface area contributed by atoms with Crippen molar-refractivity contribution in [3.8, 4) is 5.69 Å². The number of para-hydroxylation sites is 1. The summed E-state index contributed by atoms with van der Waals surface area (Å²) in [5.41, 5.74) is 2.99. The summed E-state index contributed by atoms with van der Waals surface area (Å²) in [6.45, 7) is 1.95. The molecular weight excluding hydrogens is 470 g/mol. The van der Waals surface area contributed by atoms with Crippen LogP contribution in [-0.4, -0.2) is 21.2 Å². The van der Waals surface area contributed by atoms with E-state index >= 15 is 0 Å². The first-order chi connectivity index (χ1) is 14.0. The molecule has 0 saturated carbocycles. The largest absolute Gasteiger partial charge is 0.325 e. The van der Waals surface area contributed by atoms with E-state index in [0.29, 0.717) is 21.1 Å². The normalized spacial score (nSPS) is 11.0. The number of carbonyl (C=O) groups excluding carboxylic acids is 1. The van der Waals surface area contributed by atoms with Crippen LogP contribution in [0.5, 0.6) is 0 Å². The molecule has 2 aromatic carbocycles.